The minimum absolute atomic E-state index is 0.289. The van der Waals surface area contributed by atoms with Crippen molar-refractivity contribution in [3.05, 3.63) is 51.5 Å². The zero-order valence-corrected chi connectivity index (χ0v) is 13.7. The minimum atomic E-state index is -0.289. The van der Waals surface area contributed by atoms with Gasteiger partial charge in [-0.25, -0.2) is 4.98 Å². The summed E-state index contributed by atoms with van der Waals surface area (Å²) in [7, 11) is 0. The topological polar surface area (TPSA) is 38.9 Å². The molecule has 0 saturated heterocycles. The Labute approximate surface area is 131 Å². The molecule has 2 N–H and O–H groups in total. The lowest BCUT2D eigenvalue weighted by Gasteiger charge is -2.40. The van der Waals surface area contributed by atoms with Gasteiger partial charge in [-0.15, -0.1) is 11.3 Å². The molecule has 0 amide bonds. The maximum absolute atomic E-state index is 6.94. The third kappa shape index (κ3) is 2.65. The average Bonchev–Trinajstić information content (AvgIpc) is 2.90. The normalized spacial score (nSPS) is 26.0. The van der Waals surface area contributed by atoms with Crippen LogP contribution in [0.1, 0.15) is 59.7 Å². The maximum Gasteiger partial charge on any atom is 0.114 e. The van der Waals surface area contributed by atoms with Gasteiger partial charge in [-0.05, 0) is 31.7 Å². The third-order valence-electron chi connectivity index (χ3n) is 4.78. The molecule has 1 heterocycles. The molecule has 1 aromatic carbocycles. The number of benzene rings is 1. The lowest BCUT2D eigenvalue weighted by atomic mass is 9.70. The van der Waals surface area contributed by atoms with E-state index < -0.39 is 0 Å². The van der Waals surface area contributed by atoms with Gasteiger partial charge < -0.3 is 5.73 Å². The summed E-state index contributed by atoms with van der Waals surface area (Å²) in [5.74, 6) is 0.391. The SMILES string of the molecule is CCc1nc(C2(N)CCCCC2c2ccccc2)sc1C. The van der Waals surface area contributed by atoms with Crippen LogP contribution in [0.3, 0.4) is 0 Å². The van der Waals surface area contributed by atoms with Crippen molar-refractivity contribution in [1.29, 1.82) is 0 Å². The Hall–Kier alpha value is -1.19. The van der Waals surface area contributed by atoms with Crippen molar-refractivity contribution in [2.45, 2.75) is 57.4 Å². The van der Waals surface area contributed by atoms with Gasteiger partial charge in [0.15, 0.2) is 0 Å². The minimum Gasteiger partial charge on any atom is -0.319 e. The van der Waals surface area contributed by atoms with Gasteiger partial charge in [-0.3, -0.25) is 0 Å². The standard InChI is InChI=1S/C18H24N2S/c1-3-16-13(2)21-17(20-16)18(19)12-8-7-11-15(18)14-9-5-4-6-10-14/h4-6,9-10,15H,3,7-8,11-12,19H2,1-2H3. The summed E-state index contributed by atoms with van der Waals surface area (Å²) < 4.78 is 0. The van der Waals surface area contributed by atoms with Crippen LogP contribution in [0.5, 0.6) is 0 Å². The third-order valence-corrected chi connectivity index (χ3v) is 5.99. The van der Waals surface area contributed by atoms with Gasteiger partial charge in [-0.1, -0.05) is 50.1 Å². The molecule has 0 spiro atoms. The first-order chi connectivity index (χ1) is 10.1. The van der Waals surface area contributed by atoms with Gasteiger partial charge in [0.1, 0.15) is 5.01 Å². The van der Waals surface area contributed by atoms with Crippen LogP contribution in [0.2, 0.25) is 0 Å². The number of hydrogen-bond donors (Lipinski definition) is 1. The van der Waals surface area contributed by atoms with Crippen molar-refractivity contribution in [2.24, 2.45) is 5.73 Å². The summed E-state index contributed by atoms with van der Waals surface area (Å²) in [6, 6.07) is 10.8. The fourth-order valence-corrected chi connectivity index (χ4v) is 4.75. The van der Waals surface area contributed by atoms with Crippen molar-refractivity contribution in [3.8, 4) is 0 Å². The molecular weight excluding hydrogens is 276 g/mol. The first kappa shape index (κ1) is 14.7. The highest BCUT2D eigenvalue weighted by atomic mass is 32.1. The quantitative estimate of drug-likeness (QED) is 0.904. The summed E-state index contributed by atoms with van der Waals surface area (Å²) in [6.45, 7) is 4.34. The van der Waals surface area contributed by atoms with E-state index in [1.165, 1.54) is 35.4 Å². The number of hydrogen-bond acceptors (Lipinski definition) is 3. The maximum atomic E-state index is 6.94. The van der Waals surface area contributed by atoms with Crippen molar-refractivity contribution >= 4 is 11.3 Å². The van der Waals surface area contributed by atoms with Crippen LogP contribution in [-0.2, 0) is 12.0 Å². The van der Waals surface area contributed by atoms with Crippen LogP contribution >= 0.6 is 11.3 Å². The van der Waals surface area contributed by atoms with Crippen LogP contribution in [0, 0.1) is 6.92 Å². The molecule has 0 radical (unpaired) electrons. The van der Waals surface area contributed by atoms with Gasteiger partial charge in [0.2, 0.25) is 0 Å². The van der Waals surface area contributed by atoms with Crippen LogP contribution in [0.15, 0.2) is 30.3 Å². The van der Waals surface area contributed by atoms with E-state index in [9.17, 15) is 0 Å². The van der Waals surface area contributed by atoms with Crippen molar-refractivity contribution in [2.75, 3.05) is 0 Å². The first-order valence-electron chi connectivity index (χ1n) is 7.95. The van der Waals surface area contributed by atoms with Gasteiger partial charge in [0, 0.05) is 10.8 Å². The van der Waals surface area contributed by atoms with Gasteiger partial charge in [0.25, 0.3) is 0 Å². The molecule has 1 aliphatic rings. The molecule has 3 heteroatoms. The second-order valence-corrected chi connectivity index (χ2v) is 7.33. The molecule has 2 atom stereocenters. The summed E-state index contributed by atoms with van der Waals surface area (Å²) in [4.78, 5) is 6.22. The highest BCUT2D eigenvalue weighted by molar-refractivity contribution is 7.11. The number of aryl methyl sites for hydroxylation is 2. The molecule has 112 valence electrons. The molecule has 1 aromatic heterocycles. The summed E-state index contributed by atoms with van der Waals surface area (Å²) in [5, 5.41) is 1.14. The lowest BCUT2D eigenvalue weighted by Crippen LogP contribution is -2.45. The fraction of sp³-hybridized carbons (Fsp3) is 0.500. The average molecular weight is 300 g/mol. The number of nitrogens with two attached hydrogens (primary N) is 1. The first-order valence-corrected chi connectivity index (χ1v) is 8.77. The molecule has 1 aliphatic carbocycles. The van der Waals surface area contributed by atoms with Crippen molar-refractivity contribution in [3.63, 3.8) is 0 Å². The van der Waals surface area contributed by atoms with E-state index in [1.807, 2.05) is 0 Å². The van der Waals surface area contributed by atoms with E-state index in [0.29, 0.717) is 5.92 Å². The highest BCUT2D eigenvalue weighted by Crippen LogP contribution is 2.46. The van der Waals surface area contributed by atoms with E-state index in [1.54, 1.807) is 11.3 Å². The predicted molar refractivity (Wildman–Crippen MR) is 89.7 cm³/mol. The Morgan fingerprint density at radius 1 is 1.29 bits per heavy atom. The molecule has 1 fully saturated rings. The Morgan fingerprint density at radius 2 is 2.05 bits per heavy atom. The number of aromatic nitrogens is 1. The van der Waals surface area contributed by atoms with Crippen LogP contribution in [0.4, 0.5) is 0 Å². The molecule has 2 unspecified atom stereocenters. The molecule has 0 bridgehead atoms. The predicted octanol–water partition coefficient (Wildman–Crippen LogP) is 4.53. The largest absolute Gasteiger partial charge is 0.319 e. The summed E-state index contributed by atoms with van der Waals surface area (Å²) in [5.41, 5.74) is 9.24. The summed E-state index contributed by atoms with van der Waals surface area (Å²) >= 11 is 1.81. The number of thiazole rings is 1. The van der Waals surface area contributed by atoms with E-state index in [4.69, 9.17) is 10.7 Å². The highest BCUT2D eigenvalue weighted by Gasteiger charge is 2.42. The van der Waals surface area contributed by atoms with Crippen LogP contribution < -0.4 is 5.73 Å². The van der Waals surface area contributed by atoms with Crippen LogP contribution in [-0.4, -0.2) is 4.98 Å². The van der Waals surface area contributed by atoms with Gasteiger partial charge in [-0.2, -0.15) is 0 Å². The second-order valence-electron chi connectivity index (χ2n) is 6.12. The Kier molecular flexibility index (Phi) is 4.14. The Bertz CT molecular complexity index is 605. The molecule has 3 rings (SSSR count). The Morgan fingerprint density at radius 3 is 2.71 bits per heavy atom. The number of rotatable bonds is 3. The summed E-state index contributed by atoms with van der Waals surface area (Å²) in [6.07, 6.45) is 5.68. The van der Waals surface area contributed by atoms with E-state index in [-0.39, 0.29) is 5.54 Å². The van der Waals surface area contributed by atoms with E-state index in [2.05, 4.69) is 44.2 Å². The van der Waals surface area contributed by atoms with Crippen molar-refractivity contribution in [1.82, 2.24) is 4.98 Å². The molecule has 0 aliphatic heterocycles. The lowest BCUT2D eigenvalue weighted by molar-refractivity contribution is 0.253. The Balaban J connectivity index is 2.02. The van der Waals surface area contributed by atoms with Crippen molar-refractivity contribution < 1.29 is 0 Å². The van der Waals surface area contributed by atoms with Gasteiger partial charge >= 0.3 is 0 Å². The van der Waals surface area contributed by atoms with E-state index >= 15 is 0 Å². The molecule has 21 heavy (non-hydrogen) atoms. The number of nitrogens with zero attached hydrogens (tertiary/aromatic N) is 1. The smallest absolute Gasteiger partial charge is 0.114 e. The zero-order chi connectivity index (χ0) is 14.9. The van der Waals surface area contributed by atoms with Gasteiger partial charge in [0.05, 0.1) is 11.2 Å². The monoisotopic (exact) mass is 300 g/mol. The van der Waals surface area contributed by atoms with E-state index in [0.717, 1.165) is 17.8 Å². The van der Waals surface area contributed by atoms with Crippen LogP contribution in [0.25, 0.3) is 0 Å². The molecule has 2 aromatic rings. The molecule has 1 saturated carbocycles. The molecule has 2 nitrogen and oxygen atoms in total. The fourth-order valence-electron chi connectivity index (χ4n) is 3.56. The molecular formula is C18H24N2S. The zero-order valence-electron chi connectivity index (χ0n) is 12.9. The second kappa shape index (κ2) is 5.90.